The van der Waals surface area contributed by atoms with Crippen LogP contribution in [0.3, 0.4) is 0 Å². The van der Waals surface area contributed by atoms with E-state index in [4.69, 9.17) is 0 Å². The van der Waals surface area contributed by atoms with Gasteiger partial charge in [-0.05, 0) is 12.3 Å². The van der Waals surface area contributed by atoms with Gasteiger partial charge in [0.2, 0.25) is 5.91 Å². The van der Waals surface area contributed by atoms with Crippen LogP contribution in [0.2, 0.25) is 0 Å². The van der Waals surface area contributed by atoms with Gasteiger partial charge in [0.05, 0.1) is 12.2 Å². The summed E-state index contributed by atoms with van der Waals surface area (Å²) in [5, 5.41) is 7.43. The number of hydrogen-bond acceptors (Lipinski definition) is 3. The summed E-state index contributed by atoms with van der Waals surface area (Å²) >= 11 is 0. The third kappa shape index (κ3) is 4.49. The lowest BCUT2D eigenvalue weighted by molar-refractivity contribution is -0.131. The minimum atomic E-state index is -0.125. The van der Waals surface area contributed by atoms with Crippen LogP contribution in [0.1, 0.15) is 25.8 Å². The molecule has 0 spiro atoms. The lowest BCUT2D eigenvalue weighted by Gasteiger charge is -2.23. The Morgan fingerprint density at radius 3 is 2.61 bits per heavy atom. The summed E-state index contributed by atoms with van der Waals surface area (Å²) in [7, 11) is 5.48. The van der Waals surface area contributed by atoms with Gasteiger partial charge >= 0.3 is 0 Å². The van der Waals surface area contributed by atoms with Gasteiger partial charge in [-0.15, -0.1) is 0 Å². The predicted molar refractivity (Wildman–Crippen MR) is 72.0 cm³/mol. The second kappa shape index (κ2) is 6.54. The molecule has 0 aromatic carbocycles. The zero-order valence-corrected chi connectivity index (χ0v) is 12.0. The zero-order chi connectivity index (χ0) is 13.7. The largest absolute Gasteiger partial charge is 0.347 e. The monoisotopic (exact) mass is 252 g/mol. The maximum atomic E-state index is 12.0. The maximum Gasteiger partial charge on any atom is 0.239 e. The molecular weight excluding hydrogens is 228 g/mol. The fourth-order valence-corrected chi connectivity index (χ4v) is 1.86. The number of hydrogen-bond donors (Lipinski definition) is 1. The van der Waals surface area contributed by atoms with Crippen molar-refractivity contribution in [2.24, 2.45) is 13.0 Å². The van der Waals surface area contributed by atoms with Crippen LogP contribution in [0.5, 0.6) is 0 Å². The van der Waals surface area contributed by atoms with Crippen molar-refractivity contribution in [3.8, 4) is 0 Å². The van der Waals surface area contributed by atoms with E-state index in [2.05, 4.69) is 24.3 Å². The zero-order valence-electron chi connectivity index (χ0n) is 12.0. The average Bonchev–Trinajstić information content (AvgIpc) is 2.68. The number of amides is 1. The molecule has 0 fully saturated rings. The molecule has 0 aliphatic heterocycles. The van der Waals surface area contributed by atoms with Crippen LogP contribution in [-0.2, 0) is 18.4 Å². The third-order valence-electron chi connectivity index (χ3n) is 2.76. The van der Waals surface area contributed by atoms with Crippen LogP contribution >= 0.6 is 0 Å². The molecule has 1 N–H and O–H groups in total. The van der Waals surface area contributed by atoms with Crippen molar-refractivity contribution in [3.05, 3.63) is 18.0 Å². The summed E-state index contributed by atoms with van der Waals surface area (Å²) in [6.07, 6.45) is 4.62. The second-order valence-electron chi connectivity index (χ2n) is 5.32. The van der Waals surface area contributed by atoms with Gasteiger partial charge in [0.1, 0.15) is 0 Å². The van der Waals surface area contributed by atoms with E-state index in [-0.39, 0.29) is 11.9 Å². The molecule has 0 aliphatic rings. The molecule has 1 unspecified atom stereocenters. The van der Waals surface area contributed by atoms with Gasteiger partial charge in [-0.25, -0.2) is 0 Å². The molecule has 5 heteroatoms. The average molecular weight is 252 g/mol. The van der Waals surface area contributed by atoms with Crippen LogP contribution in [0.4, 0.5) is 0 Å². The lowest BCUT2D eigenvalue weighted by Crippen LogP contribution is -2.44. The molecule has 1 atom stereocenters. The van der Waals surface area contributed by atoms with E-state index in [1.54, 1.807) is 23.7 Å². The number of carbonyl (C=O) groups is 1. The van der Waals surface area contributed by atoms with E-state index in [9.17, 15) is 4.79 Å². The first kappa shape index (κ1) is 14.7. The number of aromatic nitrogens is 2. The first-order chi connectivity index (χ1) is 8.40. The summed E-state index contributed by atoms with van der Waals surface area (Å²) < 4.78 is 1.77. The quantitative estimate of drug-likeness (QED) is 0.822. The first-order valence-electron chi connectivity index (χ1n) is 6.32. The van der Waals surface area contributed by atoms with Gasteiger partial charge in [-0.2, -0.15) is 5.10 Å². The van der Waals surface area contributed by atoms with Crippen molar-refractivity contribution in [3.63, 3.8) is 0 Å². The number of nitrogens with zero attached hydrogens (tertiary/aromatic N) is 3. The molecule has 0 bridgehead atoms. The molecule has 1 rings (SSSR count). The standard InChI is InChI=1S/C13H24N4O/c1-10(2)6-12(13(18)16(3)4)14-7-11-8-15-17(5)9-11/h8-10,12,14H,6-7H2,1-5H3. The molecule has 1 heterocycles. The molecule has 1 aromatic heterocycles. The Kier molecular flexibility index (Phi) is 5.34. The summed E-state index contributed by atoms with van der Waals surface area (Å²) in [6, 6.07) is -0.125. The third-order valence-corrected chi connectivity index (χ3v) is 2.76. The fraction of sp³-hybridized carbons (Fsp3) is 0.692. The van der Waals surface area contributed by atoms with Crippen LogP contribution in [0, 0.1) is 5.92 Å². The van der Waals surface area contributed by atoms with Gasteiger partial charge in [-0.1, -0.05) is 13.8 Å². The molecule has 1 aromatic rings. The predicted octanol–water partition coefficient (Wildman–Crippen LogP) is 1.01. The van der Waals surface area contributed by atoms with E-state index < -0.39 is 0 Å². The van der Waals surface area contributed by atoms with Gasteiger partial charge in [0.25, 0.3) is 0 Å². The van der Waals surface area contributed by atoms with Crippen molar-refractivity contribution in [2.75, 3.05) is 14.1 Å². The van der Waals surface area contributed by atoms with Gasteiger partial charge in [-0.3, -0.25) is 9.48 Å². The molecule has 0 aliphatic carbocycles. The van der Waals surface area contributed by atoms with Crippen molar-refractivity contribution in [1.29, 1.82) is 0 Å². The Morgan fingerprint density at radius 2 is 2.17 bits per heavy atom. The highest BCUT2D eigenvalue weighted by atomic mass is 16.2. The topological polar surface area (TPSA) is 50.2 Å². The minimum absolute atomic E-state index is 0.125. The van der Waals surface area contributed by atoms with E-state index in [1.165, 1.54) is 0 Å². The van der Waals surface area contributed by atoms with Gasteiger partial charge in [0, 0.05) is 39.4 Å². The van der Waals surface area contributed by atoms with Crippen molar-refractivity contribution in [2.45, 2.75) is 32.9 Å². The Bertz CT molecular complexity index is 384. The summed E-state index contributed by atoms with van der Waals surface area (Å²) in [6.45, 7) is 4.92. The Hall–Kier alpha value is -1.36. The van der Waals surface area contributed by atoms with E-state index in [1.807, 2.05) is 19.4 Å². The number of rotatable bonds is 6. The highest BCUT2D eigenvalue weighted by Crippen LogP contribution is 2.08. The van der Waals surface area contributed by atoms with E-state index >= 15 is 0 Å². The molecule has 0 saturated carbocycles. The summed E-state index contributed by atoms with van der Waals surface area (Å²) in [5.41, 5.74) is 1.10. The van der Waals surface area contributed by atoms with Crippen LogP contribution in [0.15, 0.2) is 12.4 Å². The molecular formula is C13H24N4O. The highest BCUT2D eigenvalue weighted by Gasteiger charge is 2.20. The van der Waals surface area contributed by atoms with E-state index in [0.717, 1.165) is 12.0 Å². The fourth-order valence-electron chi connectivity index (χ4n) is 1.86. The Labute approximate surface area is 109 Å². The second-order valence-corrected chi connectivity index (χ2v) is 5.32. The molecule has 102 valence electrons. The van der Waals surface area contributed by atoms with Crippen LogP contribution in [0.25, 0.3) is 0 Å². The van der Waals surface area contributed by atoms with Crippen molar-refractivity contribution in [1.82, 2.24) is 20.0 Å². The lowest BCUT2D eigenvalue weighted by atomic mass is 10.0. The van der Waals surface area contributed by atoms with E-state index in [0.29, 0.717) is 12.5 Å². The maximum absolute atomic E-state index is 12.0. The number of nitrogens with one attached hydrogen (secondary N) is 1. The highest BCUT2D eigenvalue weighted by molar-refractivity contribution is 5.81. The minimum Gasteiger partial charge on any atom is -0.347 e. The number of aryl methyl sites for hydroxylation is 1. The van der Waals surface area contributed by atoms with Gasteiger partial charge in [0.15, 0.2) is 0 Å². The molecule has 1 amide bonds. The first-order valence-corrected chi connectivity index (χ1v) is 6.32. The molecule has 5 nitrogen and oxygen atoms in total. The van der Waals surface area contributed by atoms with Gasteiger partial charge < -0.3 is 10.2 Å². The number of carbonyl (C=O) groups excluding carboxylic acids is 1. The number of likely N-dealkylation sites (N-methyl/N-ethyl adjacent to an activating group) is 1. The van der Waals surface area contributed by atoms with Crippen molar-refractivity contribution >= 4 is 5.91 Å². The van der Waals surface area contributed by atoms with Crippen LogP contribution in [-0.4, -0.2) is 40.7 Å². The Morgan fingerprint density at radius 1 is 1.50 bits per heavy atom. The molecule has 0 saturated heterocycles. The molecule has 18 heavy (non-hydrogen) atoms. The smallest absolute Gasteiger partial charge is 0.239 e. The summed E-state index contributed by atoms with van der Waals surface area (Å²) in [5.74, 6) is 0.618. The van der Waals surface area contributed by atoms with Crippen LogP contribution < -0.4 is 5.32 Å². The summed E-state index contributed by atoms with van der Waals surface area (Å²) in [4.78, 5) is 13.7. The Balaban J connectivity index is 2.58. The molecule has 0 radical (unpaired) electrons. The van der Waals surface area contributed by atoms with Crippen molar-refractivity contribution < 1.29 is 4.79 Å². The SMILES string of the molecule is CC(C)CC(NCc1cnn(C)c1)C(=O)N(C)C. The normalized spacial score (nSPS) is 12.8.